The van der Waals surface area contributed by atoms with Gasteiger partial charge in [0.1, 0.15) is 11.3 Å². The van der Waals surface area contributed by atoms with E-state index in [1.165, 1.54) is 13.2 Å². The highest BCUT2D eigenvalue weighted by molar-refractivity contribution is 6.33. The Balaban J connectivity index is 1.92. The molecule has 152 valence electrons. The zero-order chi connectivity index (χ0) is 21.3. The maximum atomic E-state index is 12.9. The van der Waals surface area contributed by atoms with Crippen LogP contribution in [0.1, 0.15) is 23.6 Å². The first-order valence-corrected chi connectivity index (χ1v) is 8.90. The molecule has 0 spiro atoms. The zero-order valence-electron chi connectivity index (χ0n) is 15.8. The molecule has 4 nitrogen and oxygen atoms in total. The number of amides is 1. The molecule has 1 heterocycles. The molecule has 29 heavy (non-hydrogen) atoms. The van der Waals surface area contributed by atoms with E-state index in [9.17, 15) is 18.0 Å². The van der Waals surface area contributed by atoms with Crippen molar-refractivity contribution in [2.24, 2.45) is 0 Å². The number of ether oxygens (including phenoxy) is 1. The topological polar surface area (TPSA) is 51.5 Å². The van der Waals surface area contributed by atoms with Crippen molar-refractivity contribution in [2.45, 2.75) is 20.0 Å². The Morgan fingerprint density at radius 3 is 2.62 bits per heavy atom. The maximum Gasteiger partial charge on any atom is 0.416 e. The van der Waals surface area contributed by atoms with Crippen LogP contribution in [-0.2, 0) is 11.0 Å². The lowest BCUT2D eigenvalue weighted by molar-refractivity contribution is -0.137. The summed E-state index contributed by atoms with van der Waals surface area (Å²) in [6.07, 6.45) is -1.65. The van der Waals surface area contributed by atoms with Crippen molar-refractivity contribution in [2.75, 3.05) is 12.4 Å². The normalized spacial score (nSPS) is 12.3. The maximum absolute atomic E-state index is 12.9. The Morgan fingerprint density at radius 2 is 1.97 bits per heavy atom. The summed E-state index contributed by atoms with van der Waals surface area (Å²) in [6, 6.07) is 6.30. The minimum Gasteiger partial charge on any atom is -0.496 e. The standard InChI is InChI=1S/C21H17ClF3NO3/c1-11(14-8-15-12(2)10-29-19(15)9-18(14)28-3)6-20(27)26-17-7-13(21(23,24)25)4-5-16(17)22/h4-10H,1-3H3,(H,26,27)/b11-6+. The van der Waals surface area contributed by atoms with Crippen LogP contribution < -0.4 is 10.1 Å². The van der Waals surface area contributed by atoms with Crippen LogP contribution in [0.25, 0.3) is 16.5 Å². The lowest BCUT2D eigenvalue weighted by Crippen LogP contribution is -2.11. The summed E-state index contributed by atoms with van der Waals surface area (Å²) < 4.78 is 49.5. The summed E-state index contributed by atoms with van der Waals surface area (Å²) in [5.41, 5.74) is 1.77. The fraction of sp³-hybridized carbons (Fsp3) is 0.190. The van der Waals surface area contributed by atoms with Gasteiger partial charge >= 0.3 is 6.18 Å². The summed E-state index contributed by atoms with van der Waals surface area (Å²) in [5.74, 6) is -0.111. The number of nitrogens with one attached hydrogen (secondary N) is 1. The number of allylic oxidation sites excluding steroid dienone is 1. The molecule has 1 aromatic heterocycles. The molecule has 2 aromatic carbocycles. The quantitative estimate of drug-likeness (QED) is 0.489. The van der Waals surface area contributed by atoms with Crippen molar-refractivity contribution in [3.63, 3.8) is 0 Å². The number of carbonyl (C=O) groups is 1. The van der Waals surface area contributed by atoms with E-state index in [0.29, 0.717) is 22.5 Å². The number of fused-ring (bicyclic) bond motifs is 1. The lowest BCUT2D eigenvalue weighted by Gasteiger charge is -2.12. The average Bonchev–Trinajstić information content (AvgIpc) is 3.01. The van der Waals surface area contributed by atoms with E-state index >= 15 is 0 Å². The van der Waals surface area contributed by atoms with Crippen LogP contribution in [0.3, 0.4) is 0 Å². The van der Waals surface area contributed by atoms with E-state index in [1.54, 1.807) is 19.3 Å². The van der Waals surface area contributed by atoms with E-state index < -0.39 is 17.6 Å². The van der Waals surface area contributed by atoms with Crippen LogP contribution in [0.2, 0.25) is 5.02 Å². The second-order valence-corrected chi connectivity index (χ2v) is 6.88. The molecule has 0 unspecified atom stereocenters. The Bertz CT molecular complexity index is 1120. The monoisotopic (exact) mass is 423 g/mol. The third-order valence-electron chi connectivity index (χ3n) is 4.41. The Morgan fingerprint density at radius 1 is 1.24 bits per heavy atom. The van der Waals surface area contributed by atoms with Crippen molar-refractivity contribution >= 4 is 39.7 Å². The molecule has 0 fully saturated rings. The predicted molar refractivity (Wildman–Crippen MR) is 106 cm³/mol. The summed E-state index contributed by atoms with van der Waals surface area (Å²) in [6.45, 7) is 3.59. The molecular formula is C21H17ClF3NO3. The number of methoxy groups -OCH3 is 1. The molecule has 0 atom stereocenters. The minimum atomic E-state index is -4.54. The van der Waals surface area contributed by atoms with Gasteiger partial charge in [-0.2, -0.15) is 13.2 Å². The van der Waals surface area contributed by atoms with Gasteiger partial charge < -0.3 is 14.5 Å². The van der Waals surface area contributed by atoms with Crippen LogP contribution in [0.4, 0.5) is 18.9 Å². The van der Waals surface area contributed by atoms with Crippen LogP contribution in [0.5, 0.6) is 5.75 Å². The highest BCUT2D eigenvalue weighted by Crippen LogP contribution is 2.35. The van der Waals surface area contributed by atoms with E-state index in [-0.39, 0.29) is 10.7 Å². The molecule has 0 aliphatic heterocycles. The van der Waals surface area contributed by atoms with Crippen LogP contribution in [0.15, 0.2) is 47.1 Å². The third kappa shape index (κ3) is 4.40. The van der Waals surface area contributed by atoms with Crippen molar-refractivity contribution in [3.8, 4) is 5.75 Å². The molecule has 3 rings (SSSR count). The van der Waals surface area contributed by atoms with Crippen LogP contribution in [0, 0.1) is 6.92 Å². The number of rotatable bonds is 4. The van der Waals surface area contributed by atoms with Crippen LogP contribution >= 0.6 is 11.6 Å². The van der Waals surface area contributed by atoms with Gasteiger partial charge in [0.05, 0.1) is 29.6 Å². The fourth-order valence-electron chi connectivity index (χ4n) is 2.90. The van der Waals surface area contributed by atoms with Gasteiger partial charge in [-0.3, -0.25) is 4.79 Å². The predicted octanol–water partition coefficient (Wildman–Crippen LogP) is 6.46. The first-order valence-electron chi connectivity index (χ1n) is 8.52. The van der Waals surface area contributed by atoms with Crippen molar-refractivity contribution < 1.29 is 27.1 Å². The molecule has 0 radical (unpaired) electrons. The number of benzene rings is 2. The lowest BCUT2D eigenvalue weighted by atomic mass is 10.0. The van der Waals surface area contributed by atoms with E-state index in [0.717, 1.165) is 29.1 Å². The van der Waals surface area contributed by atoms with E-state index in [4.69, 9.17) is 20.8 Å². The number of alkyl halides is 3. The number of carbonyl (C=O) groups excluding carboxylic acids is 1. The van der Waals surface area contributed by atoms with Crippen molar-refractivity contribution in [1.82, 2.24) is 0 Å². The minimum absolute atomic E-state index is 0.00502. The van der Waals surface area contributed by atoms with E-state index in [1.807, 2.05) is 13.0 Å². The van der Waals surface area contributed by atoms with E-state index in [2.05, 4.69) is 5.32 Å². The number of hydrogen-bond acceptors (Lipinski definition) is 3. The highest BCUT2D eigenvalue weighted by Gasteiger charge is 2.31. The van der Waals surface area contributed by atoms with Gasteiger partial charge in [0, 0.05) is 23.1 Å². The van der Waals surface area contributed by atoms with Gasteiger partial charge in [-0.15, -0.1) is 0 Å². The second kappa shape index (κ2) is 7.83. The summed E-state index contributed by atoms with van der Waals surface area (Å²) >= 11 is 5.93. The molecule has 3 aromatic rings. The molecule has 0 aliphatic carbocycles. The van der Waals surface area contributed by atoms with Gasteiger partial charge in [0.15, 0.2) is 0 Å². The largest absolute Gasteiger partial charge is 0.496 e. The number of anilines is 1. The first-order chi connectivity index (χ1) is 13.6. The molecule has 0 saturated heterocycles. The summed E-state index contributed by atoms with van der Waals surface area (Å²) in [7, 11) is 1.50. The zero-order valence-corrected chi connectivity index (χ0v) is 16.5. The summed E-state index contributed by atoms with van der Waals surface area (Å²) in [5, 5.41) is 3.27. The molecule has 1 N–H and O–H groups in total. The molecule has 1 amide bonds. The molecule has 0 bridgehead atoms. The van der Waals surface area contributed by atoms with Crippen molar-refractivity contribution in [3.05, 3.63) is 64.4 Å². The molecule has 0 aliphatic rings. The molecule has 8 heteroatoms. The number of hydrogen-bond donors (Lipinski definition) is 1. The Hall–Kier alpha value is -2.93. The first kappa shape index (κ1) is 20.8. The number of aryl methyl sites for hydroxylation is 1. The molecule has 0 saturated carbocycles. The smallest absolute Gasteiger partial charge is 0.416 e. The number of furan rings is 1. The van der Waals surface area contributed by atoms with Gasteiger partial charge in [0.25, 0.3) is 0 Å². The Labute approximate surface area is 169 Å². The number of halogens is 4. The third-order valence-corrected chi connectivity index (χ3v) is 4.74. The van der Waals surface area contributed by atoms with Gasteiger partial charge in [0.2, 0.25) is 5.91 Å². The molecular weight excluding hydrogens is 407 g/mol. The Kier molecular flexibility index (Phi) is 5.61. The highest BCUT2D eigenvalue weighted by atomic mass is 35.5. The summed E-state index contributed by atoms with van der Waals surface area (Å²) in [4.78, 5) is 12.4. The average molecular weight is 424 g/mol. The SMILES string of the molecule is COc1cc2occ(C)c2cc1/C(C)=C/C(=O)Nc1cc(C(F)(F)F)ccc1Cl. The van der Waals surface area contributed by atoms with Gasteiger partial charge in [-0.25, -0.2) is 0 Å². The van der Waals surface area contributed by atoms with Gasteiger partial charge in [-0.1, -0.05) is 11.6 Å². The van der Waals surface area contributed by atoms with Gasteiger partial charge in [-0.05, 0) is 49.2 Å². The van der Waals surface area contributed by atoms with Crippen LogP contribution in [-0.4, -0.2) is 13.0 Å². The fourth-order valence-corrected chi connectivity index (χ4v) is 3.06. The second-order valence-electron chi connectivity index (χ2n) is 6.48. The van der Waals surface area contributed by atoms with Crippen molar-refractivity contribution in [1.29, 1.82) is 0 Å².